The van der Waals surface area contributed by atoms with E-state index in [9.17, 15) is 9.18 Å². The lowest BCUT2D eigenvalue weighted by molar-refractivity contribution is 0.102. The van der Waals surface area contributed by atoms with Crippen LogP contribution in [0.4, 0.5) is 16.0 Å². The summed E-state index contributed by atoms with van der Waals surface area (Å²) >= 11 is 5.83. The topological polar surface area (TPSA) is 80.9 Å². The minimum Gasteiger partial charge on any atom is -0.383 e. The second kappa shape index (κ2) is 4.97. The predicted octanol–water partition coefficient (Wildman–Crippen LogP) is 2.10. The molecule has 2 rings (SSSR count). The number of aromatic nitrogens is 2. The van der Waals surface area contributed by atoms with Crippen molar-refractivity contribution >= 4 is 29.1 Å². The monoisotopic (exact) mass is 266 g/mol. The molecule has 0 aromatic carbocycles. The van der Waals surface area contributed by atoms with Crippen molar-refractivity contribution in [1.29, 1.82) is 0 Å². The van der Waals surface area contributed by atoms with Crippen LogP contribution in [0.5, 0.6) is 0 Å². The first kappa shape index (κ1) is 12.3. The average molecular weight is 267 g/mol. The Morgan fingerprint density at radius 1 is 1.44 bits per heavy atom. The molecule has 0 bridgehead atoms. The lowest BCUT2D eigenvalue weighted by atomic mass is 10.2. The van der Waals surface area contributed by atoms with Crippen molar-refractivity contribution in [3.8, 4) is 0 Å². The standard InChI is InChI=1S/C11H8ClFN4O/c12-8-2-1-3-15-10(8)17-11(18)7-4-6(13)5-16-9(7)14/h1-5H,(H2,14,16)(H,15,17,18). The van der Waals surface area contributed by atoms with Gasteiger partial charge in [0.1, 0.15) is 11.6 Å². The number of nitrogens with two attached hydrogens (primary N) is 1. The van der Waals surface area contributed by atoms with Gasteiger partial charge in [-0.25, -0.2) is 14.4 Å². The van der Waals surface area contributed by atoms with E-state index in [4.69, 9.17) is 17.3 Å². The van der Waals surface area contributed by atoms with Crippen LogP contribution in [0.15, 0.2) is 30.6 Å². The molecule has 5 nitrogen and oxygen atoms in total. The van der Waals surface area contributed by atoms with Crippen LogP contribution in [0.1, 0.15) is 10.4 Å². The lowest BCUT2D eigenvalue weighted by Crippen LogP contribution is -2.16. The van der Waals surface area contributed by atoms with Gasteiger partial charge in [-0.15, -0.1) is 0 Å². The van der Waals surface area contributed by atoms with Crippen molar-refractivity contribution in [3.63, 3.8) is 0 Å². The highest BCUT2D eigenvalue weighted by Gasteiger charge is 2.14. The molecule has 0 atom stereocenters. The molecule has 0 saturated heterocycles. The quantitative estimate of drug-likeness (QED) is 0.872. The predicted molar refractivity (Wildman–Crippen MR) is 65.8 cm³/mol. The van der Waals surface area contributed by atoms with Crippen LogP contribution in [-0.2, 0) is 0 Å². The van der Waals surface area contributed by atoms with Crippen LogP contribution >= 0.6 is 11.6 Å². The number of nitrogens with zero attached hydrogens (tertiary/aromatic N) is 2. The number of pyridine rings is 2. The minimum absolute atomic E-state index is 0.0686. The minimum atomic E-state index is -0.651. The van der Waals surface area contributed by atoms with Crippen LogP contribution < -0.4 is 11.1 Å². The number of nitrogen functional groups attached to an aromatic ring is 1. The Hall–Kier alpha value is -2.21. The van der Waals surface area contributed by atoms with E-state index in [0.29, 0.717) is 0 Å². The first-order chi connectivity index (χ1) is 8.58. The summed E-state index contributed by atoms with van der Waals surface area (Å²) in [6.45, 7) is 0. The maximum Gasteiger partial charge on any atom is 0.260 e. The first-order valence-corrected chi connectivity index (χ1v) is 5.28. The van der Waals surface area contributed by atoms with Crippen molar-refractivity contribution in [2.45, 2.75) is 0 Å². The Bertz CT molecular complexity index is 605. The highest BCUT2D eigenvalue weighted by molar-refractivity contribution is 6.33. The molecular formula is C11H8ClFN4O. The fourth-order valence-corrected chi connectivity index (χ4v) is 1.45. The zero-order chi connectivity index (χ0) is 13.1. The summed E-state index contributed by atoms with van der Waals surface area (Å²) in [6, 6.07) is 4.18. The third-order valence-corrected chi connectivity index (χ3v) is 2.43. The summed E-state index contributed by atoms with van der Waals surface area (Å²) < 4.78 is 13.0. The SMILES string of the molecule is Nc1ncc(F)cc1C(=O)Nc1ncccc1Cl. The van der Waals surface area contributed by atoms with Gasteiger partial charge in [0.25, 0.3) is 5.91 Å². The van der Waals surface area contributed by atoms with Crippen molar-refractivity contribution < 1.29 is 9.18 Å². The largest absolute Gasteiger partial charge is 0.383 e. The van der Waals surface area contributed by atoms with Crippen molar-refractivity contribution in [2.75, 3.05) is 11.1 Å². The van der Waals surface area contributed by atoms with Gasteiger partial charge in [0.2, 0.25) is 0 Å². The fourth-order valence-electron chi connectivity index (χ4n) is 1.28. The van der Waals surface area contributed by atoms with Gasteiger partial charge in [0, 0.05) is 6.20 Å². The smallest absolute Gasteiger partial charge is 0.260 e. The molecule has 2 aromatic rings. The van der Waals surface area contributed by atoms with Gasteiger partial charge < -0.3 is 11.1 Å². The van der Waals surface area contributed by atoms with Gasteiger partial charge in [-0.3, -0.25) is 4.79 Å². The van der Waals surface area contributed by atoms with E-state index in [-0.39, 0.29) is 22.2 Å². The zero-order valence-corrected chi connectivity index (χ0v) is 9.78. The molecule has 2 aromatic heterocycles. The average Bonchev–Trinajstić information content (AvgIpc) is 2.35. The van der Waals surface area contributed by atoms with Crippen molar-refractivity contribution in [3.05, 3.63) is 47.0 Å². The Morgan fingerprint density at radius 3 is 2.94 bits per heavy atom. The fraction of sp³-hybridized carbons (Fsp3) is 0. The summed E-state index contributed by atoms with van der Waals surface area (Å²) in [5, 5.41) is 2.70. The number of anilines is 2. The number of nitrogens with one attached hydrogen (secondary N) is 1. The maximum atomic E-state index is 13.0. The molecule has 3 N–H and O–H groups in total. The summed E-state index contributed by atoms with van der Waals surface area (Å²) in [7, 11) is 0. The number of carbonyl (C=O) groups is 1. The third-order valence-electron chi connectivity index (χ3n) is 2.12. The number of rotatable bonds is 2. The van der Waals surface area contributed by atoms with Crippen LogP contribution in [0.3, 0.4) is 0 Å². The first-order valence-electron chi connectivity index (χ1n) is 4.91. The number of halogens is 2. The van der Waals surface area contributed by atoms with Crippen molar-refractivity contribution in [1.82, 2.24) is 9.97 Å². The van der Waals surface area contributed by atoms with Gasteiger partial charge in [-0.1, -0.05) is 11.6 Å². The van der Waals surface area contributed by atoms with Gasteiger partial charge in [-0.2, -0.15) is 0 Å². The second-order valence-electron chi connectivity index (χ2n) is 3.37. The Labute approximate surface area is 107 Å². The Kier molecular flexibility index (Phi) is 3.38. The normalized spacial score (nSPS) is 10.1. The Morgan fingerprint density at radius 2 is 2.22 bits per heavy atom. The summed E-state index contributed by atoms with van der Waals surface area (Å²) in [6.07, 6.45) is 2.40. The van der Waals surface area contributed by atoms with E-state index in [1.165, 1.54) is 6.20 Å². The molecule has 18 heavy (non-hydrogen) atoms. The molecule has 2 heterocycles. The summed E-state index contributed by atoms with van der Waals surface area (Å²) in [5.41, 5.74) is 5.42. The molecule has 0 spiro atoms. The zero-order valence-electron chi connectivity index (χ0n) is 9.02. The Balaban J connectivity index is 2.28. The number of amides is 1. The van der Waals surface area contributed by atoms with E-state index in [0.717, 1.165) is 12.3 Å². The van der Waals surface area contributed by atoms with Crippen molar-refractivity contribution in [2.24, 2.45) is 0 Å². The highest BCUT2D eigenvalue weighted by atomic mass is 35.5. The van der Waals surface area contributed by atoms with Crippen LogP contribution in [-0.4, -0.2) is 15.9 Å². The number of hydrogen-bond donors (Lipinski definition) is 2. The molecule has 0 radical (unpaired) electrons. The number of hydrogen-bond acceptors (Lipinski definition) is 4. The molecule has 0 unspecified atom stereocenters. The van der Waals surface area contributed by atoms with Gasteiger partial charge >= 0.3 is 0 Å². The molecule has 1 amide bonds. The molecule has 92 valence electrons. The molecule has 0 aliphatic carbocycles. The third kappa shape index (κ3) is 2.54. The lowest BCUT2D eigenvalue weighted by Gasteiger charge is -2.07. The molecule has 7 heteroatoms. The molecule has 0 aliphatic heterocycles. The molecule has 0 fully saturated rings. The second-order valence-corrected chi connectivity index (χ2v) is 3.78. The van der Waals surface area contributed by atoms with Crippen LogP contribution in [0.2, 0.25) is 5.02 Å². The van der Waals surface area contributed by atoms with Crippen LogP contribution in [0.25, 0.3) is 0 Å². The maximum absolute atomic E-state index is 13.0. The van der Waals surface area contributed by atoms with Gasteiger partial charge in [0.05, 0.1) is 16.8 Å². The van der Waals surface area contributed by atoms with E-state index < -0.39 is 11.7 Å². The van der Waals surface area contributed by atoms with Crippen LogP contribution in [0, 0.1) is 5.82 Å². The van der Waals surface area contributed by atoms with Gasteiger partial charge in [0.15, 0.2) is 5.82 Å². The van der Waals surface area contributed by atoms with E-state index in [1.54, 1.807) is 12.1 Å². The number of carbonyl (C=O) groups excluding carboxylic acids is 1. The summed E-state index contributed by atoms with van der Waals surface area (Å²) in [5.74, 6) is -1.17. The van der Waals surface area contributed by atoms with E-state index in [1.807, 2.05) is 0 Å². The van der Waals surface area contributed by atoms with E-state index >= 15 is 0 Å². The summed E-state index contributed by atoms with van der Waals surface area (Å²) in [4.78, 5) is 19.3. The van der Waals surface area contributed by atoms with Gasteiger partial charge in [-0.05, 0) is 18.2 Å². The molecule has 0 aliphatic rings. The van der Waals surface area contributed by atoms with E-state index in [2.05, 4.69) is 15.3 Å². The highest BCUT2D eigenvalue weighted by Crippen LogP contribution is 2.19. The molecule has 0 saturated carbocycles. The molecular weight excluding hydrogens is 259 g/mol.